The standard InChI is InChI=1S/C13H22N10O4/c14-6-8(16)20-12(18)22-10(6)26-3-4(25)5(1-2-24)27-11-7(15)9(17)21-13(19)23-11/h4-5,24-25H,1-3,14-15H2,(H4,16,18,20,22)(H4,17,19,21,23). The van der Waals surface area contributed by atoms with Crippen LogP contribution in [0.3, 0.4) is 0 Å². The summed E-state index contributed by atoms with van der Waals surface area (Å²) in [4.78, 5) is 15.0. The van der Waals surface area contributed by atoms with Gasteiger partial charge in [0.05, 0.1) is 0 Å². The molecule has 2 atom stereocenters. The van der Waals surface area contributed by atoms with Gasteiger partial charge >= 0.3 is 0 Å². The van der Waals surface area contributed by atoms with Crippen LogP contribution in [0, 0.1) is 0 Å². The summed E-state index contributed by atoms with van der Waals surface area (Å²) in [5.74, 6) is -0.677. The molecule has 148 valence electrons. The maximum Gasteiger partial charge on any atom is 0.244 e. The molecule has 0 amide bonds. The number of hydrogen-bond acceptors (Lipinski definition) is 14. The molecule has 0 saturated heterocycles. The number of ether oxygens (including phenoxy) is 2. The minimum atomic E-state index is -1.24. The summed E-state index contributed by atoms with van der Waals surface area (Å²) in [5, 5.41) is 19.6. The van der Waals surface area contributed by atoms with E-state index in [4.69, 9.17) is 43.9 Å². The van der Waals surface area contributed by atoms with Crippen LogP contribution in [-0.4, -0.2) is 55.6 Å². The highest BCUT2D eigenvalue weighted by Crippen LogP contribution is 2.27. The van der Waals surface area contributed by atoms with E-state index in [9.17, 15) is 10.2 Å². The normalized spacial score (nSPS) is 13.1. The topological polar surface area (TPSA) is 267 Å². The number of aliphatic hydroxyl groups is 2. The second kappa shape index (κ2) is 8.24. The molecule has 2 heterocycles. The average Bonchev–Trinajstić information content (AvgIpc) is 2.60. The third-order valence-electron chi connectivity index (χ3n) is 3.41. The van der Waals surface area contributed by atoms with Crippen LogP contribution in [0.2, 0.25) is 0 Å². The predicted octanol–water partition coefficient (Wildman–Crippen LogP) is -2.67. The van der Waals surface area contributed by atoms with Crippen molar-refractivity contribution in [2.75, 3.05) is 47.6 Å². The number of nitrogens with zero attached hydrogens (tertiary/aromatic N) is 4. The van der Waals surface area contributed by atoms with Crippen molar-refractivity contribution < 1.29 is 19.7 Å². The highest BCUT2D eigenvalue weighted by atomic mass is 16.5. The molecule has 14 N–H and O–H groups in total. The molecular formula is C13H22N10O4. The molecule has 0 aliphatic carbocycles. The highest BCUT2D eigenvalue weighted by Gasteiger charge is 2.25. The molecule has 0 fully saturated rings. The van der Waals surface area contributed by atoms with Gasteiger partial charge in [-0.15, -0.1) is 0 Å². The van der Waals surface area contributed by atoms with E-state index in [2.05, 4.69) is 19.9 Å². The Balaban J connectivity index is 2.12. The first kappa shape index (κ1) is 19.8. The van der Waals surface area contributed by atoms with Crippen LogP contribution in [0.5, 0.6) is 11.8 Å². The zero-order valence-electron chi connectivity index (χ0n) is 14.2. The van der Waals surface area contributed by atoms with Gasteiger partial charge in [-0.3, -0.25) is 0 Å². The molecule has 0 aliphatic rings. The van der Waals surface area contributed by atoms with Crippen molar-refractivity contribution in [1.82, 2.24) is 19.9 Å². The lowest BCUT2D eigenvalue weighted by molar-refractivity contribution is -0.00695. The van der Waals surface area contributed by atoms with Gasteiger partial charge in [0.25, 0.3) is 0 Å². The van der Waals surface area contributed by atoms with Crippen molar-refractivity contribution in [3.63, 3.8) is 0 Å². The molecule has 2 aromatic heterocycles. The molecule has 0 aromatic carbocycles. The van der Waals surface area contributed by atoms with E-state index in [1.807, 2.05) is 0 Å². The van der Waals surface area contributed by atoms with Gasteiger partial charge in [-0.2, -0.15) is 19.9 Å². The van der Waals surface area contributed by atoms with Crippen LogP contribution in [0.4, 0.5) is 34.9 Å². The van der Waals surface area contributed by atoms with Crippen LogP contribution in [0.25, 0.3) is 0 Å². The SMILES string of the molecule is Nc1nc(N)c(N)c(OCC(O)C(CCO)Oc2nc(N)nc(N)c2N)n1. The Bertz CT molecular complexity index is 805. The zero-order chi connectivity index (χ0) is 20.1. The Kier molecular flexibility index (Phi) is 6.04. The minimum absolute atomic E-state index is 0.0251. The van der Waals surface area contributed by atoms with E-state index >= 15 is 0 Å². The van der Waals surface area contributed by atoms with Gasteiger partial charge in [0, 0.05) is 13.0 Å². The molecule has 0 aliphatic heterocycles. The number of nitrogens with two attached hydrogens (primary N) is 6. The summed E-state index contributed by atoms with van der Waals surface area (Å²) in [5.41, 5.74) is 33.5. The number of anilines is 6. The van der Waals surface area contributed by atoms with Crippen molar-refractivity contribution >= 4 is 34.9 Å². The molecule has 14 nitrogen and oxygen atoms in total. The van der Waals surface area contributed by atoms with E-state index in [-0.39, 0.29) is 66.3 Å². The monoisotopic (exact) mass is 382 g/mol. The first-order valence-electron chi connectivity index (χ1n) is 7.68. The van der Waals surface area contributed by atoms with Crippen molar-refractivity contribution in [3.8, 4) is 11.8 Å². The Hall–Kier alpha value is -3.52. The quantitative estimate of drug-likeness (QED) is 0.231. The largest absolute Gasteiger partial charge is 0.473 e. The summed E-state index contributed by atoms with van der Waals surface area (Å²) in [6, 6.07) is 0. The second-order valence-electron chi connectivity index (χ2n) is 5.42. The highest BCUT2D eigenvalue weighted by molar-refractivity contribution is 5.66. The van der Waals surface area contributed by atoms with E-state index in [0.29, 0.717) is 0 Å². The summed E-state index contributed by atoms with van der Waals surface area (Å²) >= 11 is 0. The fourth-order valence-electron chi connectivity index (χ4n) is 2.04. The first-order chi connectivity index (χ1) is 12.7. The third kappa shape index (κ3) is 4.77. The van der Waals surface area contributed by atoms with E-state index < -0.39 is 12.2 Å². The summed E-state index contributed by atoms with van der Waals surface area (Å²) in [7, 11) is 0. The molecule has 27 heavy (non-hydrogen) atoms. The van der Waals surface area contributed by atoms with Gasteiger partial charge in [-0.05, 0) is 0 Å². The van der Waals surface area contributed by atoms with Crippen molar-refractivity contribution in [2.45, 2.75) is 18.6 Å². The molecular weight excluding hydrogens is 360 g/mol. The van der Waals surface area contributed by atoms with Gasteiger partial charge in [-0.1, -0.05) is 0 Å². The summed E-state index contributed by atoms with van der Waals surface area (Å²) in [6.07, 6.45) is -2.19. The molecule has 2 rings (SSSR count). The van der Waals surface area contributed by atoms with Gasteiger partial charge in [-0.25, -0.2) is 0 Å². The number of nitrogen functional groups attached to an aromatic ring is 6. The lowest BCUT2D eigenvalue weighted by Crippen LogP contribution is -2.37. The van der Waals surface area contributed by atoms with Gasteiger partial charge in [0.15, 0.2) is 11.6 Å². The molecule has 2 unspecified atom stereocenters. The molecule has 0 radical (unpaired) electrons. The van der Waals surface area contributed by atoms with Crippen molar-refractivity contribution in [2.24, 2.45) is 0 Å². The van der Waals surface area contributed by atoms with E-state index in [0.717, 1.165) is 0 Å². The number of aliphatic hydroxyl groups excluding tert-OH is 2. The van der Waals surface area contributed by atoms with Gasteiger partial charge < -0.3 is 54.1 Å². The van der Waals surface area contributed by atoms with Crippen molar-refractivity contribution in [3.05, 3.63) is 0 Å². The Morgan fingerprint density at radius 2 is 1.33 bits per heavy atom. The fourth-order valence-corrected chi connectivity index (χ4v) is 2.04. The molecule has 2 aromatic rings. The number of hydrogen-bond donors (Lipinski definition) is 8. The molecule has 0 saturated carbocycles. The maximum absolute atomic E-state index is 10.4. The van der Waals surface area contributed by atoms with Crippen LogP contribution in [0.15, 0.2) is 0 Å². The van der Waals surface area contributed by atoms with Gasteiger partial charge in [0.2, 0.25) is 23.7 Å². The molecule has 0 spiro atoms. The Morgan fingerprint density at radius 1 is 0.815 bits per heavy atom. The summed E-state index contributed by atoms with van der Waals surface area (Å²) in [6.45, 7) is -0.617. The number of aromatic nitrogens is 4. The lowest BCUT2D eigenvalue weighted by Gasteiger charge is -2.24. The smallest absolute Gasteiger partial charge is 0.244 e. The Labute approximate surface area is 153 Å². The minimum Gasteiger partial charge on any atom is -0.473 e. The average molecular weight is 382 g/mol. The van der Waals surface area contributed by atoms with Crippen LogP contribution in [0.1, 0.15) is 6.42 Å². The van der Waals surface area contributed by atoms with Gasteiger partial charge in [0.1, 0.15) is 30.2 Å². The fraction of sp³-hybridized carbons (Fsp3) is 0.385. The Morgan fingerprint density at radius 3 is 1.89 bits per heavy atom. The number of rotatable bonds is 8. The van der Waals surface area contributed by atoms with E-state index in [1.54, 1.807) is 0 Å². The van der Waals surface area contributed by atoms with Crippen molar-refractivity contribution in [1.29, 1.82) is 0 Å². The lowest BCUT2D eigenvalue weighted by atomic mass is 10.1. The molecule has 0 bridgehead atoms. The van der Waals surface area contributed by atoms with E-state index in [1.165, 1.54) is 0 Å². The molecule has 14 heteroatoms. The van der Waals surface area contributed by atoms with Crippen LogP contribution in [-0.2, 0) is 0 Å². The predicted molar refractivity (Wildman–Crippen MR) is 98.2 cm³/mol. The first-order valence-corrected chi connectivity index (χ1v) is 7.68. The van der Waals surface area contributed by atoms with Crippen LogP contribution < -0.4 is 43.9 Å². The second-order valence-corrected chi connectivity index (χ2v) is 5.42. The third-order valence-corrected chi connectivity index (χ3v) is 3.41. The van der Waals surface area contributed by atoms with Crippen LogP contribution >= 0.6 is 0 Å². The summed E-state index contributed by atoms with van der Waals surface area (Å²) < 4.78 is 10.9. The maximum atomic E-state index is 10.4. The zero-order valence-corrected chi connectivity index (χ0v) is 14.2.